The van der Waals surface area contributed by atoms with Gasteiger partial charge in [0, 0.05) is 12.1 Å². The molecule has 0 aromatic heterocycles. The van der Waals surface area contributed by atoms with Crippen LogP contribution in [-0.2, 0) is 0 Å². The molecule has 2 nitrogen and oxygen atoms in total. The molecule has 2 heteroatoms. The van der Waals surface area contributed by atoms with Gasteiger partial charge < -0.3 is 5.11 Å². The van der Waals surface area contributed by atoms with E-state index in [1.54, 1.807) is 0 Å². The Bertz CT molecular complexity index is 281. The maximum atomic E-state index is 10.5. The van der Waals surface area contributed by atoms with Crippen molar-refractivity contribution in [2.45, 2.75) is 77.0 Å². The smallest absolute Gasteiger partial charge is 0.0700 e. The van der Waals surface area contributed by atoms with Crippen molar-refractivity contribution >= 4 is 0 Å². The lowest BCUT2D eigenvalue weighted by Gasteiger charge is -2.46. The number of likely N-dealkylation sites (tertiary alicyclic amines) is 1. The van der Waals surface area contributed by atoms with E-state index in [4.69, 9.17) is 0 Å². The summed E-state index contributed by atoms with van der Waals surface area (Å²) in [5.74, 6) is 2.32. The Hall–Kier alpha value is -0.0800. The molecule has 3 rings (SSSR count). The van der Waals surface area contributed by atoms with E-state index in [1.807, 2.05) is 0 Å². The lowest BCUT2D eigenvalue weighted by atomic mass is 9.76. The summed E-state index contributed by atoms with van der Waals surface area (Å²) < 4.78 is 0. The van der Waals surface area contributed by atoms with Gasteiger partial charge in [-0.15, -0.1) is 0 Å². The van der Waals surface area contributed by atoms with Crippen LogP contribution in [-0.4, -0.2) is 34.7 Å². The average molecular weight is 251 g/mol. The summed E-state index contributed by atoms with van der Waals surface area (Å²) in [6.07, 6.45) is 9.30. The Morgan fingerprint density at radius 3 is 2.56 bits per heavy atom. The summed E-state index contributed by atoms with van der Waals surface area (Å²) in [4.78, 5) is 2.71. The SMILES string of the molecule is CC1CC(C)C(N2CCC3CCCCC32)C(O)C1. The van der Waals surface area contributed by atoms with Crippen LogP contribution < -0.4 is 0 Å². The van der Waals surface area contributed by atoms with Crippen molar-refractivity contribution in [3.05, 3.63) is 0 Å². The van der Waals surface area contributed by atoms with Crippen LogP contribution in [0.25, 0.3) is 0 Å². The number of hydrogen-bond acceptors (Lipinski definition) is 2. The normalized spacial score (nSPS) is 50.2. The molecule has 0 spiro atoms. The Balaban J connectivity index is 1.73. The fraction of sp³-hybridized carbons (Fsp3) is 1.00. The van der Waals surface area contributed by atoms with Crippen molar-refractivity contribution in [3.63, 3.8) is 0 Å². The van der Waals surface area contributed by atoms with Gasteiger partial charge >= 0.3 is 0 Å². The number of hydrogen-bond donors (Lipinski definition) is 1. The molecule has 2 saturated carbocycles. The number of nitrogens with zero attached hydrogens (tertiary/aromatic N) is 1. The van der Waals surface area contributed by atoms with Crippen LogP contribution in [0.15, 0.2) is 0 Å². The Kier molecular flexibility index (Phi) is 3.68. The van der Waals surface area contributed by atoms with Crippen molar-refractivity contribution in [1.82, 2.24) is 4.90 Å². The third kappa shape index (κ3) is 2.22. The molecule has 0 aromatic carbocycles. The third-order valence-corrected chi connectivity index (χ3v) is 5.83. The van der Waals surface area contributed by atoms with Gasteiger partial charge in [-0.2, -0.15) is 0 Å². The van der Waals surface area contributed by atoms with E-state index < -0.39 is 0 Å². The van der Waals surface area contributed by atoms with Gasteiger partial charge in [-0.1, -0.05) is 26.7 Å². The summed E-state index contributed by atoms with van der Waals surface area (Å²) in [6.45, 7) is 5.90. The second kappa shape index (κ2) is 5.13. The van der Waals surface area contributed by atoms with E-state index in [0.29, 0.717) is 17.9 Å². The first-order valence-electron chi connectivity index (χ1n) is 8.10. The average Bonchev–Trinajstić information content (AvgIpc) is 2.72. The number of rotatable bonds is 1. The number of fused-ring (bicyclic) bond motifs is 1. The standard InChI is InChI=1S/C16H29NO/c1-11-9-12(2)16(15(18)10-11)17-8-7-13-5-3-4-6-14(13)17/h11-16,18H,3-10H2,1-2H3. The number of aliphatic hydroxyl groups excluding tert-OH is 1. The molecular formula is C16H29NO. The molecule has 1 aliphatic heterocycles. The fourth-order valence-corrected chi connectivity index (χ4v) is 5.16. The van der Waals surface area contributed by atoms with Crippen LogP contribution in [0, 0.1) is 17.8 Å². The van der Waals surface area contributed by atoms with Crippen LogP contribution in [0.4, 0.5) is 0 Å². The maximum absolute atomic E-state index is 10.5. The van der Waals surface area contributed by atoms with Crippen LogP contribution in [0.5, 0.6) is 0 Å². The molecule has 0 amide bonds. The molecule has 1 heterocycles. The molecule has 18 heavy (non-hydrogen) atoms. The van der Waals surface area contributed by atoms with Crippen molar-refractivity contribution in [2.75, 3.05) is 6.54 Å². The van der Waals surface area contributed by atoms with Crippen molar-refractivity contribution in [1.29, 1.82) is 0 Å². The second-order valence-corrected chi connectivity index (χ2v) is 7.25. The summed E-state index contributed by atoms with van der Waals surface area (Å²) in [7, 11) is 0. The lowest BCUT2D eigenvalue weighted by Crippen LogP contribution is -2.53. The first-order valence-corrected chi connectivity index (χ1v) is 8.10. The lowest BCUT2D eigenvalue weighted by molar-refractivity contribution is -0.0369. The minimum atomic E-state index is -0.0792. The van der Waals surface area contributed by atoms with E-state index in [1.165, 1.54) is 45.1 Å². The topological polar surface area (TPSA) is 23.5 Å². The summed E-state index contributed by atoms with van der Waals surface area (Å²) >= 11 is 0. The molecule has 6 unspecified atom stereocenters. The van der Waals surface area contributed by atoms with E-state index in [2.05, 4.69) is 18.7 Å². The maximum Gasteiger partial charge on any atom is 0.0700 e. The molecule has 3 aliphatic rings. The fourth-order valence-electron chi connectivity index (χ4n) is 5.16. The van der Waals surface area contributed by atoms with Gasteiger partial charge in [0.05, 0.1) is 6.10 Å². The van der Waals surface area contributed by atoms with E-state index in [0.717, 1.165) is 18.4 Å². The first-order chi connectivity index (χ1) is 8.66. The molecule has 0 aromatic rings. The van der Waals surface area contributed by atoms with Crippen molar-refractivity contribution < 1.29 is 5.11 Å². The zero-order valence-corrected chi connectivity index (χ0v) is 12.0. The van der Waals surface area contributed by atoms with E-state index in [-0.39, 0.29) is 6.10 Å². The molecule has 1 saturated heterocycles. The Labute approximate surface area is 112 Å². The van der Waals surface area contributed by atoms with E-state index >= 15 is 0 Å². The van der Waals surface area contributed by atoms with Gasteiger partial charge in [0.2, 0.25) is 0 Å². The molecule has 6 atom stereocenters. The molecule has 0 radical (unpaired) electrons. The van der Waals surface area contributed by atoms with Crippen LogP contribution in [0.1, 0.15) is 58.8 Å². The minimum Gasteiger partial charge on any atom is -0.391 e. The third-order valence-electron chi connectivity index (χ3n) is 5.83. The zero-order valence-electron chi connectivity index (χ0n) is 12.0. The van der Waals surface area contributed by atoms with Crippen LogP contribution in [0.3, 0.4) is 0 Å². The molecule has 1 N–H and O–H groups in total. The van der Waals surface area contributed by atoms with Gasteiger partial charge in [0.1, 0.15) is 0 Å². The molecule has 0 bridgehead atoms. The summed E-state index contributed by atoms with van der Waals surface area (Å²) in [5, 5.41) is 10.5. The molecular weight excluding hydrogens is 222 g/mol. The van der Waals surface area contributed by atoms with E-state index in [9.17, 15) is 5.11 Å². The highest BCUT2D eigenvalue weighted by Crippen LogP contribution is 2.42. The monoisotopic (exact) mass is 251 g/mol. The predicted molar refractivity (Wildman–Crippen MR) is 74.4 cm³/mol. The van der Waals surface area contributed by atoms with Crippen molar-refractivity contribution in [3.8, 4) is 0 Å². The quantitative estimate of drug-likeness (QED) is 0.774. The molecule has 104 valence electrons. The highest BCUT2D eigenvalue weighted by Gasteiger charge is 2.44. The predicted octanol–water partition coefficient (Wildman–Crippen LogP) is 3.05. The van der Waals surface area contributed by atoms with Gasteiger partial charge in [0.25, 0.3) is 0 Å². The van der Waals surface area contributed by atoms with Gasteiger partial charge in [-0.25, -0.2) is 0 Å². The van der Waals surface area contributed by atoms with Gasteiger partial charge in [-0.3, -0.25) is 4.90 Å². The van der Waals surface area contributed by atoms with Crippen LogP contribution in [0.2, 0.25) is 0 Å². The zero-order chi connectivity index (χ0) is 12.7. The van der Waals surface area contributed by atoms with Gasteiger partial charge in [0.15, 0.2) is 0 Å². The first kappa shape index (κ1) is 12.9. The number of aliphatic hydroxyl groups is 1. The van der Waals surface area contributed by atoms with Crippen LogP contribution >= 0.6 is 0 Å². The van der Waals surface area contributed by atoms with Gasteiger partial charge in [-0.05, 0) is 56.4 Å². The second-order valence-electron chi connectivity index (χ2n) is 7.25. The minimum absolute atomic E-state index is 0.0792. The summed E-state index contributed by atoms with van der Waals surface area (Å²) in [5.41, 5.74) is 0. The molecule has 2 aliphatic carbocycles. The Morgan fingerprint density at radius 1 is 1.00 bits per heavy atom. The largest absolute Gasteiger partial charge is 0.391 e. The van der Waals surface area contributed by atoms with Crippen molar-refractivity contribution in [2.24, 2.45) is 17.8 Å². The molecule has 3 fully saturated rings. The highest BCUT2D eigenvalue weighted by molar-refractivity contribution is 4.98. The summed E-state index contributed by atoms with van der Waals surface area (Å²) in [6, 6.07) is 1.25. The highest BCUT2D eigenvalue weighted by atomic mass is 16.3. The Morgan fingerprint density at radius 2 is 1.78 bits per heavy atom.